The van der Waals surface area contributed by atoms with E-state index in [1.807, 2.05) is 0 Å². The molecule has 7 N–H and O–H groups in total. The molecule has 0 saturated carbocycles. The number of hydrogen-bond acceptors (Lipinski definition) is 3. The molecular formula is C8H17N5O2. The van der Waals surface area contributed by atoms with Gasteiger partial charge in [0.2, 0.25) is 5.96 Å². The maximum atomic E-state index is 9.30. The first-order valence-electron chi connectivity index (χ1n) is 4.71. The number of ether oxygens (including phenoxy) is 1. The molecule has 1 aliphatic heterocycles. The molecule has 0 aromatic heterocycles. The molecule has 1 aliphatic rings. The van der Waals surface area contributed by atoms with Crippen LogP contribution >= 0.6 is 0 Å². The van der Waals surface area contributed by atoms with Gasteiger partial charge in [0.05, 0.1) is 12.1 Å². The lowest BCUT2D eigenvalue weighted by Gasteiger charge is -2.31. The zero-order valence-corrected chi connectivity index (χ0v) is 8.52. The van der Waals surface area contributed by atoms with Crippen LogP contribution in [0.1, 0.15) is 12.8 Å². The molecule has 0 bridgehead atoms. The Hall–Kier alpha value is -1.34. The zero-order chi connectivity index (χ0) is 11.3. The van der Waals surface area contributed by atoms with E-state index in [-0.39, 0.29) is 18.5 Å². The van der Waals surface area contributed by atoms with E-state index >= 15 is 0 Å². The summed E-state index contributed by atoms with van der Waals surface area (Å²) in [4.78, 5) is 7.76. The first-order valence-corrected chi connectivity index (χ1v) is 4.71. The van der Waals surface area contributed by atoms with Crippen LogP contribution in [0.4, 0.5) is 0 Å². The first kappa shape index (κ1) is 11.7. The van der Waals surface area contributed by atoms with Crippen LogP contribution in [-0.4, -0.2) is 42.4 Å². The Balaban J connectivity index is 2.78. The van der Waals surface area contributed by atoms with Crippen molar-refractivity contribution in [3.8, 4) is 0 Å². The monoisotopic (exact) mass is 215 g/mol. The molecule has 15 heavy (non-hydrogen) atoms. The van der Waals surface area contributed by atoms with Crippen molar-refractivity contribution in [2.24, 2.45) is 27.2 Å². The molecule has 0 aliphatic carbocycles. The Morgan fingerprint density at radius 1 is 1.27 bits per heavy atom. The van der Waals surface area contributed by atoms with Gasteiger partial charge in [-0.1, -0.05) is 0 Å². The summed E-state index contributed by atoms with van der Waals surface area (Å²) in [6.45, 7) is 1.02. The van der Waals surface area contributed by atoms with Crippen LogP contribution in [0.5, 0.6) is 0 Å². The average molecular weight is 215 g/mol. The molecule has 7 heteroatoms. The van der Waals surface area contributed by atoms with E-state index in [9.17, 15) is 5.11 Å². The van der Waals surface area contributed by atoms with Crippen LogP contribution in [0.25, 0.3) is 0 Å². The third-order valence-corrected chi connectivity index (χ3v) is 2.31. The normalized spacial score (nSPS) is 21.0. The maximum absolute atomic E-state index is 9.30. The number of aliphatic imine (C=N–C) groups is 2. The summed E-state index contributed by atoms with van der Waals surface area (Å²) >= 11 is 0. The third-order valence-electron chi connectivity index (χ3n) is 2.31. The fourth-order valence-electron chi connectivity index (χ4n) is 1.46. The van der Waals surface area contributed by atoms with Crippen molar-refractivity contribution in [2.75, 3.05) is 19.8 Å². The molecule has 7 nitrogen and oxygen atoms in total. The summed E-state index contributed by atoms with van der Waals surface area (Å²) in [5, 5.41) is 9.30. The van der Waals surface area contributed by atoms with E-state index in [2.05, 4.69) is 9.98 Å². The van der Waals surface area contributed by atoms with Crippen LogP contribution in [0.15, 0.2) is 9.98 Å². The summed E-state index contributed by atoms with van der Waals surface area (Å²) in [7, 11) is 0. The minimum absolute atomic E-state index is 0.00838. The van der Waals surface area contributed by atoms with E-state index in [1.165, 1.54) is 0 Å². The minimum atomic E-state index is -0.596. The van der Waals surface area contributed by atoms with Gasteiger partial charge in [-0.05, 0) is 12.8 Å². The van der Waals surface area contributed by atoms with Crippen LogP contribution in [0.2, 0.25) is 0 Å². The highest BCUT2D eigenvalue weighted by atomic mass is 16.5. The fraction of sp³-hybridized carbons (Fsp3) is 0.750. The SMILES string of the molecule is NC(N)=NC(N)=NC1(CO)CCOCC1. The lowest BCUT2D eigenvalue weighted by Crippen LogP contribution is -2.40. The second kappa shape index (κ2) is 4.94. The van der Waals surface area contributed by atoms with Crippen molar-refractivity contribution < 1.29 is 9.84 Å². The van der Waals surface area contributed by atoms with Gasteiger partial charge in [0.25, 0.3) is 0 Å². The van der Waals surface area contributed by atoms with Gasteiger partial charge in [0.1, 0.15) is 0 Å². The van der Waals surface area contributed by atoms with Gasteiger partial charge in [-0.2, -0.15) is 4.99 Å². The Morgan fingerprint density at radius 2 is 1.87 bits per heavy atom. The second-order valence-electron chi connectivity index (χ2n) is 3.50. The molecule has 86 valence electrons. The number of hydrogen-bond donors (Lipinski definition) is 4. The zero-order valence-electron chi connectivity index (χ0n) is 8.52. The van der Waals surface area contributed by atoms with Crippen molar-refractivity contribution in [3.05, 3.63) is 0 Å². The molecular weight excluding hydrogens is 198 g/mol. The second-order valence-corrected chi connectivity index (χ2v) is 3.50. The summed E-state index contributed by atoms with van der Waals surface area (Å²) < 4.78 is 5.18. The maximum Gasteiger partial charge on any atom is 0.219 e. The number of aliphatic hydroxyl groups is 1. The Bertz CT molecular complexity index is 266. The highest BCUT2D eigenvalue weighted by molar-refractivity contribution is 5.92. The average Bonchev–Trinajstić information content (AvgIpc) is 2.17. The Kier molecular flexibility index (Phi) is 3.87. The van der Waals surface area contributed by atoms with Gasteiger partial charge in [-0.15, -0.1) is 0 Å². The Labute approximate surface area is 88.0 Å². The van der Waals surface area contributed by atoms with E-state index < -0.39 is 5.54 Å². The van der Waals surface area contributed by atoms with Gasteiger partial charge in [0, 0.05) is 13.2 Å². The molecule has 0 unspecified atom stereocenters. The molecule has 1 fully saturated rings. The van der Waals surface area contributed by atoms with E-state index in [1.54, 1.807) is 0 Å². The fourth-order valence-corrected chi connectivity index (χ4v) is 1.46. The first-order chi connectivity index (χ1) is 7.08. The van der Waals surface area contributed by atoms with Crippen LogP contribution < -0.4 is 17.2 Å². The van der Waals surface area contributed by atoms with Crippen molar-refractivity contribution in [3.63, 3.8) is 0 Å². The minimum Gasteiger partial charge on any atom is -0.394 e. The summed E-state index contributed by atoms with van der Waals surface area (Å²) in [5.41, 5.74) is 15.2. The molecule has 1 heterocycles. The predicted octanol–water partition coefficient (Wildman–Crippen LogP) is -1.88. The molecule has 0 radical (unpaired) electrons. The molecule has 1 saturated heterocycles. The lowest BCUT2D eigenvalue weighted by molar-refractivity contribution is 0.0305. The van der Waals surface area contributed by atoms with Crippen LogP contribution in [0.3, 0.4) is 0 Å². The van der Waals surface area contributed by atoms with Gasteiger partial charge >= 0.3 is 0 Å². The van der Waals surface area contributed by atoms with Crippen LogP contribution in [0, 0.1) is 0 Å². The van der Waals surface area contributed by atoms with Crippen molar-refractivity contribution >= 4 is 11.9 Å². The van der Waals surface area contributed by atoms with Gasteiger partial charge in [-0.25, -0.2) is 4.99 Å². The number of aliphatic hydroxyl groups excluding tert-OH is 1. The number of nitrogens with two attached hydrogens (primary N) is 3. The summed E-state index contributed by atoms with van der Waals surface area (Å²) in [6.07, 6.45) is 1.23. The largest absolute Gasteiger partial charge is 0.394 e. The summed E-state index contributed by atoms with van der Waals surface area (Å²) in [6, 6.07) is 0. The van der Waals surface area contributed by atoms with Gasteiger partial charge < -0.3 is 27.0 Å². The van der Waals surface area contributed by atoms with Crippen molar-refractivity contribution in [1.29, 1.82) is 0 Å². The van der Waals surface area contributed by atoms with E-state index in [0.29, 0.717) is 26.1 Å². The quantitative estimate of drug-likeness (QED) is 0.316. The topological polar surface area (TPSA) is 132 Å². The lowest BCUT2D eigenvalue weighted by atomic mass is 9.92. The predicted molar refractivity (Wildman–Crippen MR) is 57.3 cm³/mol. The number of guanidine groups is 2. The van der Waals surface area contributed by atoms with Crippen molar-refractivity contribution in [2.45, 2.75) is 18.4 Å². The molecule has 0 aromatic carbocycles. The highest BCUT2D eigenvalue weighted by Crippen LogP contribution is 2.24. The van der Waals surface area contributed by atoms with Gasteiger partial charge in [0.15, 0.2) is 5.96 Å². The van der Waals surface area contributed by atoms with Gasteiger partial charge in [-0.3, -0.25) is 0 Å². The standard InChI is InChI=1S/C8H17N5O2/c9-6(10)12-7(11)13-8(5-14)1-3-15-4-2-8/h14H,1-5H2,(H6,9,10,11,12,13). The molecule has 0 amide bonds. The number of rotatable bonds is 2. The molecule has 0 spiro atoms. The highest BCUT2D eigenvalue weighted by Gasteiger charge is 2.31. The Morgan fingerprint density at radius 3 is 2.33 bits per heavy atom. The molecule has 0 aromatic rings. The summed E-state index contributed by atoms with van der Waals surface area (Å²) in [5.74, 6) is -0.151. The van der Waals surface area contributed by atoms with Crippen molar-refractivity contribution in [1.82, 2.24) is 0 Å². The molecule has 1 rings (SSSR count). The van der Waals surface area contributed by atoms with E-state index in [0.717, 1.165) is 0 Å². The third kappa shape index (κ3) is 3.37. The molecule has 0 atom stereocenters. The smallest absolute Gasteiger partial charge is 0.219 e. The number of nitrogens with zero attached hydrogens (tertiary/aromatic N) is 2. The van der Waals surface area contributed by atoms with Crippen LogP contribution in [-0.2, 0) is 4.74 Å². The van der Waals surface area contributed by atoms with E-state index in [4.69, 9.17) is 21.9 Å².